The molecule has 1 aromatic rings. The van der Waals surface area contributed by atoms with E-state index >= 15 is 0 Å². The van der Waals surface area contributed by atoms with Crippen LogP contribution in [0.5, 0.6) is 0 Å². The minimum Gasteiger partial charge on any atom is -0.481 e. The SMILES string of the molecule is C=CCN(CCC(=O)O)Cc1cccs1. The third-order valence-corrected chi connectivity index (χ3v) is 2.85. The van der Waals surface area contributed by atoms with Crippen LogP contribution in [0.15, 0.2) is 30.2 Å². The highest BCUT2D eigenvalue weighted by molar-refractivity contribution is 7.09. The second kappa shape index (κ2) is 6.37. The lowest BCUT2D eigenvalue weighted by molar-refractivity contribution is -0.137. The average Bonchev–Trinajstić information content (AvgIpc) is 2.67. The topological polar surface area (TPSA) is 40.5 Å². The van der Waals surface area contributed by atoms with E-state index in [2.05, 4.69) is 17.5 Å². The molecule has 0 fully saturated rings. The molecule has 0 bridgehead atoms. The number of thiophene rings is 1. The summed E-state index contributed by atoms with van der Waals surface area (Å²) >= 11 is 1.69. The van der Waals surface area contributed by atoms with E-state index in [0.29, 0.717) is 6.54 Å². The van der Waals surface area contributed by atoms with E-state index in [4.69, 9.17) is 5.11 Å². The van der Waals surface area contributed by atoms with Crippen molar-refractivity contribution in [1.29, 1.82) is 0 Å². The summed E-state index contributed by atoms with van der Waals surface area (Å²) in [6.45, 7) is 5.77. The molecule has 0 atom stereocenters. The van der Waals surface area contributed by atoms with Gasteiger partial charge in [0, 0.05) is 24.5 Å². The van der Waals surface area contributed by atoms with E-state index in [1.54, 1.807) is 17.4 Å². The zero-order chi connectivity index (χ0) is 11.1. The lowest BCUT2D eigenvalue weighted by Gasteiger charge is -2.18. The fourth-order valence-electron chi connectivity index (χ4n) is 1.29. The summed E-state index contributed by atoms with van der Waals surface area (Å²) in [6.07, 6.45) is 1.98. The smallest absolute Gasteiger partial charge is 0.304 e. The molecule has 0 aliphatic carbocycles. The normalized spacial score (nSPS) is 10.5. The molecule has 0 unspecified atom stereocenters. The van der Waals surface area contributed by atoms with Gasteiger partial charge in [-0.15, -0.1) is 17.9 Å². The molecule has 4 heteroatoms. The van der Waals surface area contributed by atoms with Gasteiger partial charge in [0.2, 0.25) is 0 Å². The number of aliphatic carboxylic acids is 1. The molecule has 3 nitrogen and oxygen atoms in total. The van der Waals surface area contributed by atoms with Gasteiger partial charge in [0.1, 0.15) is 0 Å². The number of carboxylic acids is 1. The summed E-state index contributed by atoms with van der Waals surface area (Å²) < 4.78 is 0. The Morgan fingerprint density at radius 1 is 1.67 bits per heavy atom. The molecule has 0 aliphatic heterocycles. The molecule has 1 rings (SSSR count). The Hall–Kier alpha value is -1.13. The quantitative estimate of drug-likeness (QED) is 0.723. The Morgan fingerprint density at radius 3 is 3.00 bits per heavy atom. The maximum Gasteiger partial charge on any atom is 0.304 e. The van der Waals surface area contributed by atoms with E-state index in [9.17, 15) is 4.79 Å². The first-order valence-electron chi connectivity index (χ1n) is 4.80. The zero-order valence-corrected chi connectivity index (χ0v) is 9.37. The van der Waals surface area contributed by atoms with Gasteiger partial charge >= 0.3 is 5.97 Å². The van der Waals surface area contributed by atoms with E-state index < -0.39 is 5.97 Å². The van der Waals surface area contributed by atoms with Gasteiger partial charge in [0.05, 0.1) is 6.42 Å². The van der Waals surface area contributed by atoms with Crippen molar-refractivity contribution in [3.05, 3.63) is 35.0 Å². The Balaban J connectivity index is 2.42. The second-order valence-corrected chi connectivity index (χ2v) is 4.28. The van der Waals surface area contributed by atoms with Gasteiger partial charge in [0.25, 0.3) is 0 Å². The van der Waals surface area contributed by atoms with Crippen LogP contribution in [0.4, 0.5) is 0 Å². The highest BCUT2D eigenvalue weighted by Gasteiger charge is 2.07. The van der Waals surface area contributed by atoms with Gasteiger partial charge in [-0.25, -0.2) is 0 Å². The molecular weight excluding hydrogens is 210 g/mol. The zero-order valence-electron chi connectivity index (χ0n) is 8.56. The van der Waals surface area contributed by atoms with Crippen LogP contribution in [-0.2, 0) is 11.3 Å². The summed E-state index contributed by atoms with van der Waals surface area (Å²) in [5, 5.41) is 10.6. The summed E-state index contributed by atoms with van der Waals surface area (Å²) in [6, 6.07) is 4.06. The van der Waals surface area contributed by atoms with Crippen LogP contribution < -0.4 is 0 Å². The molecule has 0 spiro atoms. The molecule has 0 saturated carbocycles. The van der Waals surface area contributed by atoms with Gasteiger partial charge in [-0.2, -0.15) is 0 Å². The number of hydrogen-bond acceptors (Lipinski definition) is 3. The monoisotopic (exact) mass is 225 g/mol. The predicted octanol–water partition coefficient (Wildman–Crippen LogP) is 2.21. The highest BCUT2D eigenvalue weighted by atomic mass is 32.1. The standard InChI is InChI=1S/C11H15NO2S/c1-2-6-12(7-5-11(13)14)9-10-4-3-8-15-10/h2-4,8H,1,5-7,9H2,(H,13,14). The largest absolute Gasteiger partial charge is 0.481 e. The summed E-state index contributed by atoms with van der Waals surface area (Å²) in [4.78, 5) is 13.8. The number of carbonyl (C=O) groups is 1. The number of nitrogens with zero attached hydrogens (tertiary/aromatic N) is 1. The Bertz CT molecular complexity index is 308. The number of hydrogen-bond donors (Lipinski definition) is 1. The summed E-state index contributed by atoms with van der Waals surface area (Å²) in [7, 11) is 0. The van der Waals surface area contributed by atoms with Crippen molar-refractivity contribution in [1.82, 2.24) is 4.90 Å². The lowest BCUT2D eigenvalue weighted by atomic mass is 10.3. The fourth-order valence-corrected chi connectivity index (χ4v) is 2.04. The van der Waals surface area contributed by atoms with Crippen molar-refractivity contribution in [2.75, 3.05) is 13.1 Å². The summed E-state index contributed by atoms with van der Waals surface area (Å²) in [5.41, 5.74) is 0. The van der Waals surface area contributed by atoms with Gasteiger partial charge in [-0.3, -0.25) is 9.69 Å². The third-order valence-electron chi connectivity index (χ3n) is 1.99. The Kier molecular flexibility index (Phi) is 5.07. The molecule has 0 aliphatic rings. The van der Waals surface area contributed by atoms with Crippen molar-refractivity contribution < 1.29 is 9.90 Å². The second-order valence-electron chi connectivity index (χ2n) is 3.25. The van der Waals surface area contributed by atoms with E-state index in [1.165, 1.54) is 4.88 Å². The first-order valence-corrected chi connectivity index (χ1v) is 5.67. The minimum absolute atomic E-state index is 0.180. The van der Waals surface area contributed by atoms with Crippen molar-refractivity contribution >= 4 is 17.3 Å². The molecule has 0 radical (unpaired) electrons. The van der Waals surface area contributed by atoms with Gasteiger partial charge in [-0.05, 0) is 11.4 Å². The van der Waals surface area contributed by atoms with Crippen LogP contribution in [0.2, 0.25) is 0 Å². The van der Waals surface area contributed by atoms with Crippen molar-refractivity contribution in [2.24, 2.45) is 0 Å². The molecule has 0 saturated heterocycles. The predicted molar refractivity (Wildman–Crippen MR) is 62.0 cm³/mol. The molecular formula is C11H15NO2S. The van der Waals surface area contributed by atoms with Crippen molar-refractivity contribution in [3.8, 4) is 0 Å². The van der Waals surface area contributed by atoms with Gasteiger partial charge < -0.3 is 5.11 Å². The summed E-state index contributed by atoms with van der Waals surface area (Å²) in [5.74, 6) is -0.754. The number of rotatable bonds is 7. The van der Waals surface area contributed by atoms with E-state index in [-0.39, 0.29) is 6.42 Å². The van der Waals surface area contributed by atoms with Crippen LogP contribution in [0, 0.1) is 0 Å². The maximum absolute atomic E-state index is 10.5. The molecule has 82 valence electrons. The van der Waals surface area contributed by atoms with Crippen molar-refractivity contribution in [2.45, 2.75) is 13.0 Å². The van der Waals surface area contributed by atoms with E-state index in [1.807, 2.05) is 11.4 Å². The van der Waals surface area contributed by atoms with Crippen molar-refractivity contribution in [3.63, 3.8) is 0 Å². The first-order chi connectivity index (χ1) is 7.22. The third kappa shape index (κ3) is 4.76. The number of carboxylic acid groups (broad SMARTS) is 1. The highest BCUT2D eigenvalue weighted by Crippen LogP contribution is 2.11. The lowest BCUT2D eigenvalue weighted by Crippen LogP contribution is -2.25. The molecule has 0 aromatic carbocycles. The van der Waals surface area contributed by atoms with Gasteiger partial charge in [0.15, 0.2) is 0 Å². The Labute approximate surface area is 93.7 Å². The van der Waals surface area contributed by atoms with Gasteiger partial charge in [-0.1, -0.05) is 12.1 Å². The minimum atomic E-state index is -0.754. The molecule has 1 N–H and O–H groups in total. The van der Waals surface area contributed by atoms with Crippen LogP contribution in [-0.4, -0.2) is 29.1 Å². The average molecular weight is 225 g/mol. The first kappa shape index (κ1) is 11.9. The molecule has 1 heterocycles. The van der Waals surface area contributed by atoms with E-state index in [0.717, 1.165) is 13.1 Å². The van der Waals surface area contributed by atoms with Crippen LogP contribution in [0.1, 0.15) is 11.3 Å². The van der Waals surface area contributed by atoms with Crippen LogP contribution >= 0.6 is 11.3 Å². The Morgan fingerprint density at radius 2 is 2.47 bits per heavy atom. The molecule has 0 amide bonds. The maximum atomic E-state index is 10.5. The molecule has 15 heavy (non-hydrogen) atoms. The van der Waals surface area contributed by atoms with Crippen LogP contribution in [0.25, 0.3) is 0 Å². The fraction of sp³-hybridized carbons (Fsp3) is 0.364. The van der Waals surface area contributed by atoms with Crippen LogP contribution in [0.3, 0.4) is 0 Å². The molecule has 1 aromatic heterocycles.